The van der Waals surface area contributed by atoms with Crippen molar-refractivity contribution in [3.63, 3.8) is 0 Å². The summed E-state index contributed by atoms with van der Waals surface area (Å²) < 4.78 is 0. The van der Waals surface area contributed by atoms with Crippen LogP contribution in [0.1, 0.15) is 53.9 Å². The van der Waals surface area contributed by atoms with E-state index in [1.54, 1.807) is 0 Å². The Balaban J connectivity index is 3.62. The molecule has 0 saturated carbocycles. The highest BCUT2D eigenvalue weighted by molar-refractivity contribution is 4.64. The summed E-state index contributed by atoms with van der Waals surface area (Å²) in [4.78, 5) is 2.59. The van der Waals surface area contributed by atoms with E-state index in [0.29, 0.717) is 6.04 Å². The van der Waals surface area contributed by atoms with Gasteiger partial charge in [0.25, 0.3) is 0 Å². The highest BCUT2D eigenvalue weighted by atomic mass is 15.1. The second-order valence-electron chi connectivity index (χ2n) is 5.01. The van der Waals surface area contributed by atoms with Crippen molar-refractivity contribution in [2.24, 2.45) is 5.92 Å². The molecule has 2 nitrogen and oxygen atoms in total. The molecular formula is C14H32N2. The third kappa shape index (κ3) is 8.12. The molecule has 0 aliphatic carbocycles. The highest BCUT2D eigenvalue weighted by Crippen LogP contribution is 2.06. The zero-order valence-corrected chi connectivity index (χ0v) is 12.1. The summed E-state index contributed by atoms with van der Waals surface area (Å²) in [6, 6.07) is 0.673. The lowest BCUT2D eigenvalue weighted by Crippen LogP contribution is -2.31. The molecule has 0 heterocycles. The van der Waals surface area contributed by atoms with Crippen LogP contribution in [0.5, 0.6) is 0 Å². The molecule has 0 bridgehead atoms. The van der Waals surface area contributed by atoms with Gasteiger partial charge in [-0.05, 0) is 45.3 Å². The predicted molar refractivity (Wildman–Crippen MR) is 73.9 cm³/mol. The van der Waals surface area contributed by atoms with Gasteiger partial charge in [-0.15, -0.1) is 0 Å². The van der Waals surface area contributed by atoms with Gasteiger partial charge in [-0.1, -0.05) is 34.1 Å². The van der Waals surface area contributed by atoms with E-state index in [1.165, 1.54) is 38.9 Å². The van der Waals surface area contributed by atoms with Gasteiger partial charge < -0.3 is 10.2 Å². The zero-order valence-electron chi connectivity index (χ0n) is 12.1. The maximum atomic E-state index is 3.47. The average Bonchev–Trinajstić information content (AvgIpc) is 2.27. The molecular weight excluding hydrogens is 196 g/mol. The van der Waals surface area contributed by atoms with Gasteiger partial charge in [0.05, 0.1) is 0 Å². The first kappa shape index (κ1) is 15.9. The number of hydrogen-bond acceptors (Lipinski definition) is 2. The summed E-state index contributed by atoms with van der Waals surface area (Å²) in [5, 5.41) is 3.47. The van der Waals surface area contributed by atoms with Crippen molar-refractivity contribution < 1.29 is 0 Å². The molecule has 0 aromatic rings. The number of rotatable bonds is 10. The summed E-state index contributed by atoms with van der Waals surface area (Å²) in [6.45, 7) is 16.2. The van der Waals surface area contributed by atoms with E-state index in [0.717, 1.165) is 12.5 Å². The monoisotopic (exact) mass is 228 g/mol. The van der Waals surface area contributed by atoms with Crippen molar-refractivity contribution in [3.8, 4) is 0 Å². The maximum Gasteiger partial charge on any atom is 0.00390 e. The predicted octanol–water partition coefficient (Wildman–Crippen LogP) is 3.13. The summed E-state index contributed by atoms with van der Waals surface area (Å²) in [5.41, 5.74) is 0. The van der Waals surface area contributed by atoms with Crippen molar-refractivity contribution >= 4 is 0 Å². The standard InChI is InChI=1S/C14H32N2/c1-6-13(4)12-16(8-3)11-9-10-14(5)15-7-2/h13-15H,6-12H2,1-5H3. The molecule has 0 aliphatic rings. The first-order chi connectivity index (χ1) is 7.63. The lowest BCUT2D eigenvalue weighted by molar-refractivity contribution is 0.238. The molecule has 0 rings (SSSR count). The topological polar surface area (TPSA) is 15.3 Å². The first-order valence-electron chi connectivity index (χ1n) is 7.09. The van der Waals surface area contributed by atoms with E-state index in [-0.39, 0.29) is 0 Å². The Hall–Kier alpha value is -0.0800. The molecule has 0 radical (unpaired) electrons. The van der Waals surface area contributed by atoms with Gasteiger partial charge >= 0.3 is 0 Å². The lowest BCUT2D eigenvalue weighted by Gasteiger charge is -2.24. The van der Waals surface area contributed by atoms with Crippen LogP contribution in [0.4, 0.5) is 0 Å². The fourth-order valence-corrected chi connectivity index (χ4v) is 2.02. The number of nitrogens with one attached hydrogen (secondary N) is 1. The van der Waals surface area contributed by atoms with Crippen LogP contribution in [0.15, 0.2) is 0 Å². The minimum atomic E-state index is 0.673. The highest BCUT2D eigenvalue weighted by Gasteiger charge is 2.07. The third-order valence-corrected chi connectivity index (χ3v) is 3.38. The lowest BCUT2D eigenvalue weighted by atomic mass is 10.1. The van der Waals surface area contributed by atoms with Crippen molar-refractivity contribution in [1.29, 1.82) is 0 Å². The molecule has 0 aromatic heterocycles. The smallest absolute Gasteiger partial charge is 0.00390 e. The average molecular weight is 228 g/mol. The molecule has 0 fully saturated rings. The third-order valence-electron chi connectivity index (χ3n) is 3.38. The Bertz CT molecular complexity index is 148. The van der Waals surface area contributed by atoms with Gasteiger partial charge in [0.15, 0.2) is 0 Å². The van der Waals surface area contributed by atoms with Gasteiger partial charge in [0, 0.05) is 12.6 Å². The van der Waals surface area contributed by atoms with Crippen molar-refractivity contribution in [1.82, 2.24) is 10.2 Å². The summed E-state index contributed by atoms with van der Waals surface area (Å²) in [7, 11) is 0. The van der Waals surface area contributed by atoms with E-state index in [9.17, 15) is 0 Å². The van der Waals surface area contributed by atoms with Crippen molar-refractivity contribution in [2.75, 3.05) is 26.2 Å². The minimum absolute atomic E-state index is 0.673. The molecule has 98 valence electrons. The normalized spacial score (nSPS) is 15.4. The first-order valence-corrected chi connectivity index (χ1v) is 7.09. The molecule has 0 saturated heterocycles. The molecule has 0 aromatic carbocycles. The Morgan fingerprint density at radius 2 is 1.81 bits per heavy atom. The molecule has 0 aliphatic heterocycles. The van der Waals surface area contributed by atoms with Crippen LogP contribution in [0.3, 0.4) is 0 Å². The Kier molecular flexibility index (Phi) is 10.0. The van der Waals surface area contributed by atoms with E-state index < -0.39 is 0 Å². The Morgan fingerprint density at radius 1 is 1.12 bits per heavy atom. The maximum absolute atomic E-state index is 3.47. The van der Waals surface area contributed by atoms with Crippen LogP contribution in [0, 0.1) is 5.92 Å². The van der Waals surface area contributed by atoms with Gasteiger partial charge in [-0.3, -0.25) is 0 Å². The summed E-state index contributed by atoms with van der Waals surface area (Å²) >= 11 is 0. The van der Waals surface area contributed by atoms with Gasteiger partial charge in [0.1, 0.15) is 0 Å². The van der Waals surface area contributed by atoms with Crippen LogP contribution >= 0.6 is 0 Å². The van der Waals surface area contributed by atoms with Crippen LogP contribution in [-0.4, -0.2) is 37.1 Å². The van der Waals surface area contributed by atoms with Crippen LogP contribution in [-0.2, 0) is 0 Å². The SMILES string of the molecule is CCNC(C)CCCN(CC)CC(C)CC. The summed E-state index contributed by atoms with van der Waals surface area (Å²) in [6.07, 6.45) is 3.91. The molecule has 0 amide bonds. The molecule has 2 heteroatoms. The molecule has 2 atom stereocenters. The second-order valence-corrected chi connectivity index (χ2v) is 5.01. The van der Waals surface area contributed by atoms with E-state index in [4.69, 9.17) is 0 Å². The summed E-state index contributed by atoms with van der Waals surface area (Å²) in [5.74, 6) is 0.839. The molecule has 2 unspecified atom stereocenters. The molecule has 1 N–H and O–H groups in total. The van der Waals surface area contributed by atoms with Crippen LogP contribution in [0.2, 0.25) is 0 Å². The van der Waals surface area contributed by atoms with Gasteiger partial charge in [0.2, 0.25) is 0 Å². The van der Waals surface area contributed by atoms with E-state index >= 15 is 0 Å². The van der Waals surface area contributed by atoms with Crippen LogP contribution in [0.25, 0.3) is 0 Å². The quantitative estimate of drug-likeness (QED) is 0.618. The Labute approximate surface area is 103 Å². The van der Waals surface area contributed by atoms with Gasteiger partial charge in [-0.2, -0.15) is 0 Å². The Morgan fingerprint density at radius 3 is 2.31 bits per heavy atom. The van der Waals surface area contributed by atoms with E-state index in [2.05, 4.69) is 44.8 Å². The number of hydrogen-bond donors (Lipinski definition) is 1. The fraction of sp³-hybridized carbons (Fsp3) is 1.00. The van der Waals surface area contributed by atoms with Crippen molar-refractivity contribution in [3.05, 3.63) is 0 Å². The van der Waals surface area contributed by atoms with Crippen LogP contribution < -0.4 is 5.32 Å². The molecule has 16 heavy (non-hydrogen) atoms. The second kappa shape index (κ2) is 10.1. The fourth-order valence-electron chi connectivity index (χ4n) is 2.02. The molecule has 0 spiro atoms. The van der Waals surface area contributed by atoms with Gasteiger partial charge in [-0.25, -0.2) is 0 Å². The zero-order chi connectivity index (χ0) is 12.4. The minimum Gasteiger partial charge on any atom is -0.315 e. The van der Waals surface area contributed by atoms with Crippen molar-refractivity contribution in [2.45, 2.75) is 59.9 Å². The van der Waals surface area contributed by atoms with E-state index in [1.807, 2.05) is 0 Å². The number of nitrogens with zero attached hydrogens (tertiary/aromatic N) is 1. The largest absolute Gasteiger partial charge is 0.315 e.